The predicted octanol–water partition coefficient (Wildman–Crippen LogP) is 5.59. The first-order valence-corrected chi connectivity index (χ1v) is 10.6. The van der Waals surface area contributed by atoms with Crippen molar-refractivity contribution in [1.29, 1.82) is 0 Å². The molecule has 0 aliphatic heterocycles. The van der Waals surface area contributed by atoms with Crippen LogP contribution in [0.25, 0.3) is 11.1 Å². The van der Waals surface area contributed by atoms with Gasteiger partial charge in [-0.3, -0.25) is 4.79 Å². The summed E-state index contributed by atoms with van der Waals surface area (Å²) in [4.78, 5) is 24.0. The van der Waals surface area contributed by atoms with E-state index in [0.29, 0.717) is 30.4 Å². The summed E-state index contributed by atoms with van der Waals surface area (Å²) in [6.45, 7) is 5.06. The summed E-state index contributed by atoms with van der Waals surface area (Å²) in [5.41, 5.74) is 3.92. The summed E-state index contributed by atoms with van der Waals surface area (Å²) in [5, 5.41) is 6.00. The number of nitrogens with one attached hydrogen (secondary N) is 1. The fourth-order valence-corrected chi connectivity index (χ4v) is 3.29. The second kappa shape index (κ2) is 11.1. The Hall–Kier alpha value is -3.67. The average molecular weight is 433 g/mol. The van der Waals surface area contributed by atoms with Crippen molar-refractivity contribution >= 4 is 5.91 Å². The van der Waals surface area contributed by atoms with Crippen molar-refractivity contribution in [2.75, 3.05) is 13.7 Å². The number of amides is 1. The van der Waals surface area contributed by atoms with Gasteiger partial charge >= 0.3 is 0 Å². The molecular weight excluding hydrogens is 404 g/mol. The van der Waals surface area contributed by atoms with Crippen molar-refractivity contribution in [2.45, 2.75) is 26.9 Å². The number of hydrogen-bond acceptors (Lipinski definition) is 5. The molecule has 166 valence electrons. The van der Waals surface area contributed by atoms with Gasteiger partial charge in [0.05, 0.1) is 19.3 Å². The molecule has 0 spiro atoms. The van der Waals surface area contributed by atoms with Crippen LogP contribution in [0, 0.1) is 10.8 Å². The van der Waals surface area contributed by atoms with E-state index >= 15 is 0 Å². The van der Waals surface area contributed by atoms with Crippen LogP contribution in [0.3, 0.4) is 0 Å². The zero-order valence-electron chi connectivity index (χ0n) is 18.6. The van der Waals surface area contributed by atoms with Gasteiger partial charge in [0.15, 0.2) is 0 Å². The second-order valence-corrected chi connectivity index (χ2v) is 7.89. The third-order valence-corrected chi connectivity index (χ3v) is 4.97. The number of ether oxygens (including phenoxy) is 2. The topological polar surface area (TPSA) is 77.0 Å². The van der Waals surface area contributed by atoms with E-state index in [1.807, 2.05) is 66.7 Å². The van der Waals surface area contributed by atoms with E-state index in [1.165, 1.54) is 0 Å². The summed E-state index contributed by atoms with van der Waals surface area (Å²) in [7, 11) is 1.62. The lowest BCUT2D eigenvalue weighted by Crippen LogP contribution is -2.24. The van der Waals surface area contributed by atoms with Crippen LogP contribution < -0.4 is 14.8 Å². The summed E-state index contributed by atoms with van der Waals surface area (Å²) >= 11 is 0. The highest BCUT2D eigenvalue weighted by molar-refractivity contribution is 5.98. The molecule has 1 N–H and O–H groups in total. The number of nitroso groups, excluding NO2 is 1. The maximum absolute atomic E-state index is 13.1. The van der Waals surface area contributed by atoms with E-state index < -0.39 is 0 Å². The minimum Gasteiger partial charge on any atom is -0.497 e. The lowest BCUT2D eigenvalue weighted by Gasteiger charge is -2.16. The van der Waals surface area contributed by atoms with E-state index in [2.05, 4.69) is 24.3 Å². The highest BCUT2D eigenvalue weighted by atomic mass is 16.5. The maximum atomic E-state index is 13.1. The molecule has 0 atom stereocenters. The number of benzene rings is 3. The molecule has 0 saturated heterocycles. The van der Waals surface area contributed by atoms with Crippen molar-refractivity contribution in [1.82, 2.24) is 5.32 Å². The second-order valence-electron chi connectivity index (χ2n) is 7.89. The summed E-state index contributed by atoms with van der Waals surface area (Å²) in [6.07, 6.45) is 0. The van der Waals surface area contributed by atoms with Gasteiger partial charge in [-0.15, -0.1) is 0 Å². The molecular formula is C26H28N2O4. The Balaban J connectivity index is 1.88. The number of carbonyl (C=O) groups is 1. The van der Waals surface area contributed by atoms with Crippen LogP contribution in [-0.2, 0) is 13.1 Å². The molecule has 0 bridgehead atoms. The van der Waals surface area contributed by atoms with Crippen molar-refractivity contribution in [3.63, 3.8) is 0 Å². The van der Waals surface area contributed by atoms with Crippen LogP contribution in [-0.4, -0.2) is 19.6 Å². The summed E-state index contributed by atoms with van der Waals surface area (Å²) in [6, 6.07) is 20.6. The first-order valence-electron chi connectivity index (χ1n) is 10.6. The Morgan fingerprint density at radius 2 is 1.78 bits per heavy atom. The first-order chi connectivity index (χ1) is 15.5. The van der Waals surface area contributed by atoms with Gasteiger partial charge in [0, 0.05) is 6.54 Å². The molecule has 32 heavy (non-hydrogen) atoms. The Bertz CT molecular complexity index is 1060. The summed E-state index contributed by atoms with van der Waals surface area (Å²) in [5.74, 6) is 1.39. The molecule has 6 nitrogen and oxygen atoms in total. The van der Waals surface area contributed by atoms with Gasteiger partial charge in [0.25, 0.3) is 5.91 Å². The normalized spacial score (nSPS) is 10.6. The van der Waals surface area contributed by atoms with Gasteiger partial charge in [-0.25, -0.2) is 0 Å². The number of methoxy groups -OCH3 is 1. The third kappa shape index (κ3) is 5.94. The first kappa shape index (κ1) is 23.0. The van der Waals surface area contributed by atoms with E-state index in [9.17, 15) is 9.70 Å². The summed E-state index contributed by atoms with van der Waals surface area (Å²) < 4.78 is 11.1. The van der Waals surface area contributed by atoms with Gasteiger partial charge in [0.2, 0.25) is 0 Å². The number of carbonyl (C=O) groups excluding carboxylic acids is 1. The van der Waals surface area contributed by atoms with Crippen LogP contribution in [0.5, 0.6) is 11.5 Å². The molecule has 0 aromatic heterocycles. The minimum atomic E-state index is -0.229. The van der Waals surface area contributed by atoms with E-state index in [-0.39, 0.29) is 12.5 Å². The van der Waals surface area contributed by atoms with Gasteiger partial charge < -0.3 is 14.8 Å². The minimum absolute atomic E-state index is 0.0702. The van der Waals surface area contributed by atoms with Gasteiger partial charge in [-0.2, -0.15) is 4.91 Å². The average Bonchev–Trinajstić information content (AvgIpc) is 2.82. The Labute approximate surface area is 188 Å². The zero-order chi connectivity index (χ0) is 22.9. The molecule has 3 aromatic rings. The van der Waals surface area contributed by atoms with Crippen molar-refractivity contribution in [3.8, 4) is 22.6 Å². The van der Waals surface area contributed by atoms with Gasteiger partial charge in [0.1, 0.15) is 18.0 Å². The van der Waals surface area contributed by atoms with Crippen LogP contribution in [0.1, 0.15) is 35.3 Å². The van der Waals surface area contributed by atoms with Crippen molar-refractivity contribution in [3.05, 3.63) is 88.3 Å². The third-order valence-electron chi connectivity index (χ3n) is 4.97. The molecule has 0 unspecified atom stereocenters. The predicted molar refractivity (Wildman–Crippen MR) is 126 cm³/mol. The monoisotopic (exact) mass is 432 g/mol. The Kier molecular flexibility index (Phi) is 7.97. The molecule has 0 fully saturated rings. The Morgan fingerprint density at radius 3 is 2.47 bits per heavy atom. The van der Waals surface area contributed by atoms with Gasteiger partial charge in [-0.05, 0) is 52.4 Å². The molecule has 0 saturated carbocycles. The molecule has 0 aliphatic carbocycles. The van der Waals surface area contributed by atoms with Crippen LogP contribution in [0.4, 0.5) is 0 Å². The number of hydrogen-bond donors (Lipinski definition) is 1. The highest BCUT2D eigenvalue weighted by Crippen LogP contribution is 2.30. The molecule has 0 aliphatic rings. The van der Waals surface area contributed by atoms with E-state index in [0.717, 1.165) is 28.0 Å². The standard InChI is InChI=1S/C26H28N2O4/c1-18(2)17-32-25-13-10-20(23-7-5-4-6-21(23)16-28-30)14-24(25)26(29)27-15-19-8-11-22(31-3)12-9-19/h4-14,18H,15-17H2,1-3H3,(H,27,29). The van der Waals surface area contributed by atoms with Crippen LogP contribution in [0.2, 0.25) is 0 Å². The molecule has 3 rings (SSSR count). The van der Waals surface area contributed by atoms with E-state index in [4.69, 9.17) is 9.47 Å². The lowest BCUT2D eigenvalue weighted by molar-refractivity contribution is 0.0946. The van der Waals surface area contributed by atoms with Crippen molar-refractivity contribution < 1.29 is 14.3 Å². The fourth-order valence-electron chi connectivity index (χ4n) is 3.29. The van der Waals surface area contributed by atoms with Crippen LogP contribution in [0.15, 0.2) is 71.9 Å². The maximum Gasteiger partial charge on any atom is 0.255 e. The van der Waals surface area contributed by atoms with Crippen LogP contribution >= 0.6 is 0 Å². The van der Waals surface area contributed by atoms with Crippen molar-refractivity contribution in [2.24, 2.45) is 11.1 Å². The molecule has 0 heterocycles. The zero-order valence-corrected chi connectivity index (χ0v) is 18.6. The number of rotatable bonds is 10. The smallest absolute Gasteiger partial charge is 0.255 e. The van der Waals surface area contributed by atoms with E-state index in [1.54, 1.807) is 7.11 Å². The molecule has 3 aromatic carbocycles. The quantitative estimate of drug-likeness (QED) is 0.424. The lowest BCUT2D eigenvalue weighted by atomic mass is 9.97. The molecule has 1 amide bonds. The largest absolute Gasteiger partial charge is 0.497 e. The molecule has 6 heteroatoms. The highest BCUT2D eigenvalue weighted by Gasteiger charge is 2.16. The van der Waals surface area contributed by atoms with Gasteiger partial charge in [-0.1, -0.05) is 61.5 Å². The SMILES string of the molecule is COc1ccc(CNC(=O)c2cc(-c3ccccc3CN=O)ccc2OCC(C)C)cc1. The fraction of sp³-hybridized carbons (Fsp3) is 0.269. The number of nitrogens with zero attached hydrogens (tertiary/aromatic N) is 1. The molecule has 0 radical (unpaired) electrons. The Morgan fingerprint density at radius 1 is 1.03 bits per heavy atom.